The molecule has 4 fully saturated rings. The highest BCUT2D eigenvalue weighted by molar-refractivity contribution is 5.97. The van der Waals surface area contributed by atoms with E-state index in [2.05, 4.69) is 30.7 Å². The Morgan fingerprint density at radius 3 is 2.30 bits per heavy atom. The maximum absolute atomic E-state index is 13.2. The molecule has 44 heavy (non-hydrogen) atoms. The number of likely N-dealkylation sites (tertiary alicyclic amines) is 1. The van der Waals surface area contributed by atoms with Gasteiger partial charge in [0.25, 0.3) is 11.8 Å². The molecule has 4 heterocycles. The Balaban J connectivity index is 1.07. The zero-order valence-corrected chi connectivity index (χ0v) is 25.2. The molecule has 6 rings (SSSR count). The molecule has 0 bridgehead atoms. The van der Waals surface area contributed by atoms with Gasteiger partial charge in [0.1, 0.15) is 0 Å². The molecule has 13 heteroatoms. The second-order valence-corrected chi connectivity index (χ2v) is 12.3. The van der Waals surface area contributed by atoms with Crippen LogP contribution < -0.4 is 21.3 Å². The topological polar surface area (TPSA) is 159 Å². The Labute approximate surface area is 257 Å². The third-order valence-electron chi connectivity index (χ3n) is 9.39. The molecular formula is C31H43N9O4. The molecule has 0 spiro atoms. The van der Waals surface area contributed by atoms with Gasteiger partial charge < -0.3 is 35.8 Å². The summed E-state index contributed by atoms with van der Waals surface area (Å²) in [5, 5.41) is 14.7. The van der Waals surface area contributed by atoms with Crippen LogP contribution >= 0.6 is 0 Å². The van der Waals surface area contributed by atoms with Crippen molar-refractivity contribution in [1.29, 1.82) is 0 Å². The minimum Gasteiger partial charge on any atom is -0.378 e. The Kier molecular flexibility index (Phi) is 9.51. The molecular weight excluding hydrogens is 562 g/mol. The van der Waals surface area contributed by atoms with Gasteiger partial charge in [-0.25, -0.2) is 0 Å². The predicted octanol–water partition coefficient (Wildman–Crippen LogP) is 1.93. The van der Waals surface area contributed by atoms with Gasteiger partial charge in [-0.2, -0.15) is 4.98 Å². The number of nitrogens with one attached hydrogen (secondary N) is 2. The van der Waals surface area contributed by atoms with Crippen LogP contribution in [0.5, 0.6) is 0 Å². The Bertz CT molecular complexity index is 1320. The minimum atomic E-state index is -0.749. The number of carbonyl (C=O) groups is 3. The highest BCUT2D eigenvalue weighted by Gasteiger charge is 2.32. The van der Waals surface area contributed by atoms with Gasteiger partial charge in [0.15, 0.2) is 11.5 Å². The largest absolute Gasteiger partial charge is 0.378 e. The Morgan fingerprint density at radius 2 is 1.59 bits per heavy atom. The molecule has 2 aromatic rings. The summed E-state index contributed by atoms with van der Waals surface area (Å²) < 4.78 is 5.34. The van der Waals surface area contributed by atoms with Crippen LogP contribution in [0.3, 0.4) is 0 Å². The van der Waals surface area contributed by atoms with Crippen molar-refractivity contribution in [3.05, 3.63) is 35.5 Å². The van der Waals surface area contributed by atoms with Crippen LogP contribution in [0.1, 0.15) is 72.2 Å². The fraction of sp³-hybridized carbons (Fsp3) is 0.613. The number of nitrogens with zero attached hydrogens (tertiary/aromatic N) is 6. The van der Waals surface area contributed by atoms with Crippen molar-refractivity contribution < 1.29 is 19.1 Å². The lowest BCUT2D eigenvalue weighted by atomic mass is 9.93. The van der Waals surface area contributed by atoms with Gasteiger partial charge >= 0.3 is 0 Å². The van der Waals surface area contributed by atoms with E-state index in [1.807, 2.05) is 4.90 Å². The van der Waals surface area contributed by atoms with Gasteiger partial charge in [0.05, 0.1) is 13.2 Å². The number of morpholine rings is 1. The first-order valence-corrected chi connectivity index (χ1v) is 16.0. The molecule has 3 amide bonds. The van der Waals surface area contributed by atoms with Crippen molar-refractivity contribution in [3.63, 3.8) is 0 Å². The third-order valence-corrected chi connectivity index (χ3v) is 9.39. The number of anilines is 3. The van der Waals surface area contributed by atoms with E-state index in [1.54, 1.807) is 29.2 Å². The number of benzene rings is 1. The van der Waals surface area contributed by atoms with Gasteiger partial charge in [-0.1, -0.05) is 12.8 Å². The monoisotopic (exact) mass is 605 g/mol. The van der Waals surface area contributed by atoms with E-state index in [-0.39, 0.29) is 35.3 Å². The first kappa shape index (κ1) is 30.2. The number of rotatable bonds is 8. The summed E-state index contributed by atoms with van der Waals surface area (Å²) in [5.41, 5.74) is 6.70. The number of carbonyl (C=O) groups excluding carboxylic acids is 3. The van der Waals surface area contributed by atoms with Gasteiger partial charge in [-0.3, -0.25) is 14.4 Å². The van der Waals surface area contributed by atoms with Crippen molar-refractivity contribution in [2.75, 3.05) is 62.7 Å². The summed E-state index contributed by atoms with van der Waals surface area (Å²) >= 11 is 0. The van der Waals surface area contributed by atoms with Crippen LogP contribution in [0.25, 0.3) is 0 Å². The lowest BCUT2D eigenvalue weighted by Gasteiger charge is -2.37. The van der Waals surface area contributed by atoms with Crippen LogP contribution in [0.15, 0.2) is 24.3 Å². The van der Waals surface area contributed by atoms with Crippen molar-refractivity contribution in [2.45, 2.75) is 63.5 Å². The smallest absolute Gasteiger partial charge is 0.273 e. The molecule has 0 radical (unpaired) electrons. The Hall–Kier alpha value is -3.84. The van der Waals surface area contributed by atoms with Crippen LogP contribution in [0, 0.1) is 5.92 Å². The number of aromatic nitrogens is 3. The van der Waals surface area contributed by atoms with E-state index >= 15 is 0 Å². The fourth-order valence-electron chi connectivity index (χ4n) is 6.88. The molecule has 1 aromatic heterocycles. The summed E-state index contributed by atoms with van der Waals surface area (Å²) in [6.07, 6.45) is 8.84. The molecule has 4 aliphatic rings. The average Bonchev–Trinajstić information content (AvgIpc) is 3.61. The molecule has 4 N–H and O–H groups in total. The third kappa shape index (κ3) is 7.10. The zero-order chi connectivity index (χ0) is 30.5. The molecule has 1 aromatic carbocycles. The number of amides is 3. The van der Waals surface area contributed by atoms with Crippen LogP contribution in [-0.4, -0.2) is 107 Å². The summed E-state index contributed by atoms with van der Waals surface area (Å²) in [7, 11) is 0. The van der Waals surface area contributed by atoms with Crippen LogP contribution in [0.2, 0.25) is 0 Å². The second-order valence-electron chi connectivity index (χ2n) is 12.3. The molecule has 236 valence electrons. The first-order chi connectivity index (χ1) is 21.4. The van der Waals surface area contributed by atoms with Gasteiger partial charge in [0.2, 0.25) is 11.9 Å². The maximum atomic E-state index is 13.2. The van der Waals surface area contributed by atoms with E-state index in [0.717, 1.165) is 38.8 Å². The van der Waals surface area contributed by atoms with Crippen molar-refractivity contribution in [1.82, 2.24) is 30.3 Å². The van der Waals surface area contributed by atoms with Gasteiger partial charge in [0, 0.05) is 55.4 Å². The lowest BCUT2D eigenvalue weighted by molar-refractivity contribution is -0.127. The van der Waals surface area contributed by atoms with E-state index in [4.69, 9.17) is 10.5 Å². The lowest BCUT2D eigenvalue weighted by Crippen LogP contribution is -2.51. The van der Waals surface area contributed by atoms with E-state index in [1.165, 1.54) is 25.7 Å². The summed E-state index contributed by atoms with van der Waals surface area (Å²) in [4.78, 5) is 49.1. The van der Waals surface area contributed by atoms with Gasteiger partial charge in [-0.05, 0) is 75.9 Å². The van der Waals surface area contributed by atoms with Crippen LogP contribution in [-0.2, 0) is 9.53 Å². The number of hydrogen-bond acceptors (Lipinski definition) is 10. The first-order valence-electron chi connectivity index (χ1n) is 16.0. The molecule has 3 saturated heterocycles. The predicted molar refractivity (Wildman–Crippen MR) is 165 cm³/mol. The summed E-state index contributed by atoms with van der Waals surface area (Å²) in [6, 6.07) is 7.67. The maximum Gasteiger partial charge on any atom is 0.273 e. The van der Waals surface area contributed by atoms with Crippen molar-refractivity contribution >= 4 is 35.2 Å². The highest BCUT2D eigenvalue weighted by atomic mass is 16.5. The molecule has 3 aliphatic heterocycles. The number of hydrogen-bond donors (Lipinski definition) is 3. The minimum absolute atomic E-state index is 0.0171. The summed E-state index contributed by atoms with van der Waals surface area (Å²) in [5.74, 6) is -0.0488. The average molecular weight is 606 g/mol. The summed E-state index contributed by atoms with van der Waals surface area (Å²) in [6.45, 7) is 5.49. The van der Waals surface area contributed by atoms with E-state index in [0.29, 0.717) is 62.6 Å². The second kappa shape index (κ2) is 13.9. The molecule has 1 aliphatic carbocycles. The quantitative estimate of drug-likeness (QED) is 0.406. The number of piperidine rings is 2. The van der Waals surface area contributed by atoms with Gasteiger partial charge in [-0.15, -0.1) is 10.2 Å². The highest BCUT2D eigenvalue weighted by Crippen LogP contribution is 2.28. The number of nitrogens with two attached hydrogens (primary N) is 1. The molecule has 13 nitrogen and oxygen atoms in total. The Morgan fingerprint density at radius 1 is 0.864 bits per heavy atom. The van der Waals surface area contributed by atoms with Crippen molar-refractivity contribution in [2.24, 2.45) is 11.7 Å². The molecule has 1 atom stereocenters. The fourth-order valence-corrected chi connectivity index (χ4v) is 6.88. The SMILES string of the molecule is NC(=O)c1nnc(N2CCCC(NC(=O)C3CCN(C4CCCC4)CC3)C2)nc1Nc1ccc(C(=O)N2CCOCC2)cc1. The normalized spacial score (nSPS) is 22.1. The van der Waals surface area contributed by atoms with E-state index < -0.39 is 5.91 Å². The number of ether oxygens (including phenoxy) is 1. The van der Waals surface area contributed by atoms with Crippen molar-refractivity contribution in [3.8, 4) is 0 Å². The van der Waals surface area contributed by atoms with Crippen LogP contribution in [0.4, 0.5) is 17.5 Å². The van der Waals surface area contributed by atoms with E-state index in [9.17, 15) is 14.4 Å². The zero-order valence-electron chi connectivity index (χ0n) is 25.2. The standard InChI is InChI=1S/C31H43N9O4/c32-27(41)26-28(33-23-9-7-22(8-10-23)30(43)39-16-18-44-19-17-39)35-31(37-36-26)40-13-3-4-24(20-40)34-29(42)21-11-14-38(15-12-21)25-5-1-2-6-25/h7-10,21,24-25H,1-6,11-20H2,(H2,32,41)(H,34,42)(H,33,35,37). The molecule has 1 saturated carbocycles. The molecule has 1 unspecified atom stereocenters. The number of primary amides is 1.